The molecule has 0 bridgehead atoms. The van der Waals surface area contributed by atoms with Gasteiger partial charge in [-0.15, -0.1) is 11.6 Å². The zero-order valence-corrected chi connectivity index (χ0v) is 11.0. The van der Waals surface area contributed by atoms with Crippen LogP contribution >= 0.6 is 11.6 Å². The summed E-state index contributed by atoms with van der Waals surface area (Å²) >= 11 is 6.03. The number of hydrogen-bond acceptors (Lipinski definition) is 0. The highest BCUT2D eigenvalue weighted by Gasteiger charge is 2.24. The fourth-order valence-corrected chi connectivity index (χ4v) is 2.49. The Kier molecular flexibility index (Phi) is 3.54. The van der Waals surface area contributed by atoms with Crippen LogP contribution in [0.5, 0.6) is 0 Å². The number of benzene rings is 2. The van der Waals surface area contributed by atoms with Gasteiger partial charge in [0, 0.05) is 11.3 Å². The first-order chi connectivity index (χ1) is 8.16. The van der Waals surface area contributed by atoms with Crippen LogP contribution in [0.25, 0.3) is 0 Å². The molecule has 0 heterocycles. The Labute approximate surface area is 108 Å². The third kappa shape index (κ3) is 2.37. The minimum absolute atomic E-state index is 0.00720. The van der Waals surface area contributed by atoms with Gasteiger partial charge in [0.25, 0.3) is 0 Å². The summed E-state index contributed by atoms with van der Waals surface area (Å²) < 4.78 is 0. The topological polar surface area (TPSA) is 0 Å². The third-order valence-corrected chi connectivity index (χ3v) is 3.62. The summed E-state index contributed by atoms with van der Waals surface area (Å²) in [5.41, 5.74) is 3.83. The van der Waals surface area contributed by atoms with Crippen molar-refractivity contribution in [2.24, 2.45) is 0 Å². The van der Waals surface area contributed by atoms with Gasteiger partial charge in [-0.3, -0.25) is 0 Å². The predicted octanol–water partition coefficient (Wildman–Crippen LogP) is 4.75. The van der Waals surface area contributed by atoms with Gasteiger partial charge < -0.3 is 0 Å². The van der Waals surface area contributed by atoms with Crippen molar-refractivity contribution in [1.29, 1.82) is 0 Å². The van der Waals surface area contributed by atoms with Crippen molar-refractivity contribution in [3.8, 4) is 0 Å². The zero-order chi connectivity index (χ0) is 12.3. The van der Waals surface area contributed by atoms with Crippen LogP contribution in [0.1, 0.15) is 30.5 Å². The van der Waals surface area contributed by atoms with Gasteiger partial charge in [0.15, 0.2) is 0 Å². The quantitative estimate of drug-likeness (QED) is 0.684. The standard InChI is InChI=1S/C16H17Cl/c1-16(2,14-9-4-3-5-10-14)15-11-7-6-8-13(15)12-17/h3-11H,12H2,1-2H3. The number of halogens is 1. The van der Waals surface area contributed by atoms with Crippen molar-refractivity contribution in [3.63, 3.8) is 0 Å². The Morgan fingerprint density at radius 3 is 2.12 bits per heavy atom. The Balaban J connectivity index is 2.51. The van der Waals surface area contributed by atoms with Crippen molar-refractivity contribution in [2.75, 3.05) is 0 Å². The Morgan fingerprint density at radius 1 is 0.882 bits per heavy atom. The highest BCUT2D eigenvalue weighted by Crippen LogP contribution is 2.33. The van der Waals surface area contributed by atoms with Gasteiger partial charge in [-0.1, -0.05) is 68.4 Å². The van der Waals surface area contributed by atoms with Crippen molar-refractivity contribution in [1.82, 2.24) is 0 Å². The smallest absolute Gasteiger partial charge is 0.0477 e. The maximum absolute atomic E-state index is 6.03. The van der Waals surface area contributed by atoms with E-state index in [2.05, 4.69) is 56.3 Å². The second kappa shape index (κ2) is 4.93. The highest BCUT2D eigenvalue weighted by molar-refractivity contribution is 6.17. The lowest BCUT2D eigenvalue weighted by Gasteiger charge is -2.28. The van der Waals surface area contributed by atoms with Crippen LogP contribution in [0.15, 0.2) is 54.6 Å². The average Bonchev–Trinajstić information content (AvgIpc) is 2.39. The molecule has 0 spiro atoms. The summed E-state index contributed by atoms with van der Waals surface area (Å²) in [5.74, 6) is 0.562. The molecule has 0 amide bonds. The summed E-state index contributed by atoms with van der Waals surface area (Å²) in [7, 11) is 0. The molecule has 88 valence electrons. The Morgan fingerprint density at radius 2 is 1.47 bits per heavy atom. The van der Waals surface area contributed by atoms with Gasteiger partial charge in [-0.2, -0.15) is 0 Å². The molecule has 17 heavy (non-hydrogen) atoms. The molecule has 0 radical (unpaired) electrons. The van der Waals surface area contributed by atoms with Crippen LogP contribution < -0.4 is 0 Å². The lowest BCUT2D eigenvalue weighted by Crippen LogP contribution is -2.20. The number of hydrogen-bond donors (Lipinski definition) is 0. The van der Waals surface area contributed by atoms with E-state index in [1.54, 1.807) is 0 Å². The van der Waals surface area contributed by atoms with Crippen LogP contribution in [0.2, 0.25) is 0 Å². The molecule has 0 saturated heterocycles. The third-order valence-electron chi connectivity index (χ3n) is 3.33. The maximum Gasteiger partial charge on any atom is 0.0477 e. The average molecular weight is 245 g/mol. The van der Waals surface area contributed by atoms with Gasteiger partial charge in [0.2, 0.25) is 0 Å². The monoisotopic (exact) mass is 244 g/mol. The number of alkyl halides is 1. The Hall–Kier alpha value is -1.27. The second-order valence-corrected chi connectivity index (χ2v) is 5.05. The second-order valence-electron chi connectivity index (χ2n) is 4.78. The van der Waals surface area contributed by atoms with Gasteiger partial charge in [-0.05, 0) is 16.7 Å². The van der Waals surface area contributed by atoms with E-state index in [1.807, 2.05) is 12.1 Å². The largest absolute Gasteiger partial charge is 0.122 e. The van der Waals surface area contributed by atoms with Crippen molar-refractivity contribution in [3.05, 3.63) is 71.3 Å². The Bertz CT molecular complexity index is 486. The van der Waals surface area contributed by atoms with Crippen LogP contribution in [0.3, 0.4) is 0 Å². The molecule has 2 rings (SSSR count). The van der Waals surface area contributed by atoms with Crippen molar-refractivity contribution >= 4 is 11.6 Å². The van der Waals surface area contributed by atoms with Gasteiger partial charge in [0.05, 0.1) is 0 Å². The zero-order valence-electron chi connectivity index (χ0n) is 10.3. The molecule has 0 atom stereocenters. The van der Waals surface area contributed by atoms with Gasteiger partial charge in [0.1, 0.15) is 0 Å². The predicted molar refractivity (Wildman–Crippen MR) is 74.6 cm³/mol. The van der Waals surface area contributed by atoms with Crippen LogP contribution in [0, 0.1) is 0 Å². The molecule has 0 unspecified atom stereocenters. The fraction of sp³-hybridized carbons (Fsp3) is 0.250. The minimum atomic E-state index is -0.00720. The molecule has 0 aliphatic rings. The molecular weight excluding hydrogens is 228 g/mol. The van der Waals surface area contributed by atoms with E-state index < -0.39 is 0 Å². The molecule has 0 fully saturated rings. The summed E-state index contributed by atoms with van der Waals surface area (Å²) in [5, 5.41) is 0. The minimum Gasteiger partial charge on any atom is -0.122 e. The van der Waals surface area contributed by atoms with Crippen molar-refractivity contribution in [2.45, 2.75) is 25.1 Å². The molecule has 0 N–H and O–H groups in total. The van der Waals surface area contributed by atoms with Crippen molar-refractivity contribution < 1.29 is 0 Å². The normalized spacial score (nSPS) is 11.5. The summed E-state index contributed by atoms with van der Waals surface area (Å²) in [6, 6.07) is 19.0. The first kappa shape index (κ1) is 12.2. The molecule has 0 aliphatic carbocycles. The van der Waals surface area contributed by atoms with E-state index in [-0.39, 0.29) is 5.41 Å². The summed E-state index contributed by atoms with van der Waals surface area (Å²) in [6.07, 6.45) is 0. The van der Waals surface area contributed by atoms with E-state index in [0.717, 1.165) is 0 Å². The molecule has 2 aromatic rings. The fourth-order valence-electron chi connectivity index (χ4n) is 2.26. The van der Waals surface area contributed by atoms with Gasteiger partial charge in [-0.25, -0.2) is 0 Å². The van der Waals surface area contributed by atoms with E-state index in [9.17, 15) is 0 Å². The summed E-state index contributed by atoms with van der Waals surface area (Å²) in [4.78, 5) is 0. The van der Waals surface area contributed by atoms with Crippen LogP contribution in [0.4, 0.5) is 0 Å². The first-order valence-corrected chi connectivity index (χ1v) is 6.39. The van der Waals surface area contributed by atoms with E-state index >= 15 is 0 Å². The van der Waals surface area contributed by atoms with Crippen LogP contribution in [-0.4, -0.2) is 0 Å². The molecule has 1 heteroatoms. The molecule has 0 aromatic heterocycles. The molecular formula is C16H17Cl. The first-order valence-electron chi connectivity index (χ1n) is 5.86. The van der Waals surface area contributed by atoms with E-state index in [0.29, 0.717) is 5.88 Å². The summed E-state index contributed by atoms with van der Waals surface area (Å²) in [6.45, 7) is 4.49. The highest BCUT2D eigenvalue weighted by atomic mass is 35.5. The molecule has 2 aromatic carbocycles. The van der Waals surface area contributed by atoms with Gasteiger partial charge >= 0.3 is 0 Å². The van der Waals surface area contributed by atoms with Crippen LogP contribution in [-0.2, 0) is 11.3 Å². The SMILES string of the molecule is CC(C)(c1ccccc1)c1ccccc1CCl. The molecule has 0 aliphatic heterocycles. The van der Waals surface area contributed by atoms with E-state index in [4.69, 9.17) is 11.6 Å². The molecule has 0 saturated carbocycles. The number of rotatable bonds is 3. The maximum atomic E-state index is 6.03. The van der Waals surface area contributed by atoms with E-state index in [1.165, 1.54) is 16.7 Å². The lowest BCUT2D eigenvalue weighted by atomic mass is 9.76. The molecule has 0 nitrogen and oxygen atoms in total. The lowest BCUT2D eigenvalue weighted by molar-refractivity contribution is 0.635.